The zero-order valence-corrected chi connectivity index (χ0v) is 9.78. The minimum atomic E-state index is -0.189. The first-order valence-electron chi connectivity index (χ1n) is 6.40. The van der Waals surface area contributed by atoms with Crippen molar-refractivity contribution >= 4 is 5.91 Å². The molecule has 0 aromatic heterocycles. The molecule has 2 fully saturated rings. The standard InChI is InChI=1S/C12H22N2O2/c13-10-5-3-9(4-6-10)8-14-12(15)11-2-1-7-16-11/h9-11H,1-8,13H2,(H,14,15). The summed E-state index contributed by atoms with van der Waals surface area (Å²) in [5, 5.41) is 3.00. The number of hydrogen-bond donors (Lipinski definition) is 2. The number of amides is 1. The molecule has 92 valence electrons. The average molecular weight is 226 g/mol. The molecule has 1 unspecified atom stereocenters. The number of nitrogens with one attached hydrogen (secondary N) is 1. The minimum Gasteiger partial charge on any atom is -0.368 e. The molecule has 1 saturated heterocycles. The van der Waals surface area contributed by atoms with Crippen molar-refractivity contribution in [2.24, 2.45) is 11.7 Å². The third-order valence-electron chi connectivity index (χ3n) is 3.68. The summed E-state index contributed by atoms with van der Waals surface area (Å²) in [5.41, 5.74) is 5.85. The first kappa shape index (κ1) is 11.9. The van der Waals surface area contributed by atoms with Crippen molar-refractivity contribution in [2.75, 3.05) is 13.2 Å². The number of nitrogens with two attached hydrogens (primary N) is 1. The Kier molecular flexibility index (Phi) is 4.18. The van der Waals surface area contributed by atoms with E-state index in [4.69, 9.17) is 10.5 Å². The third-order valence-corrected chi connectivity index (χ3v) is 3.68. The van der Waals surface area contributed by atoms with Gasteiger partial charge in [0.25, 0.3) is 0 Å². The molecule has 1 heterocycles. The lowest BCUT2D eigenvalue weighted by molar-refractivity contribution is -0.130. The van der Waals surface area contributed by atoms with Crippen LogP contribution in [0.25, 0.3) is 0 Å². The molecule has 1 aliphatic heterocycles. The lowest BCUT2D eigenvalue weighted by Gasteiger charge is -2.26. The Morgan fingerprint density at radius 2 is 2.00 bits per heavy atom. The van der Waals surface area contributed by atoms with Crippen LogP contribution in [-0.4, -0.2) is 31.2 Å². The quantitative estimate of drug-likeness (QED) is 0.748. The number of carbonyl (C=O) groups excluding carboxylic acids is 1. The minimum absolute atomic E-state index is 0.0763. The van der Waals surface area contributed by atoms with Gasteiger partial charge in [0, 0.05) is 19.2 Å². The molecule has 4 heteroatoms. The van der Waals surface area contributed by atoms with Gasteiger partial charge in [0.1, 0.15) is 6.10 Å². The number of rotatable bonds is 3. The van der Waals surface area contributed by atoms with E-state index in [1.165, 1.54) is 0 Å². The third kappa shape index (κ3) is 3.19. The fourth-order valence-corrected chi connectivity index (χ4v) is 2.54. The lowest BCUT2D eigenvalue weighted by Crippen LogP contribution is -2.39. The van der Waals surface area contributed by atoms with Crippen molar-refractivity contribution in [3.8, 4) is 0 Å². The monoisotopic (exact) mass is 226 g/mol. The molecule has 1 atom stereocenters. The Morgan fingerprint density at radius 3 is 2.62 bits per heavy atom. The van der Waals surface area contributed by atoms with Crippen LogP contribution in [0.1, 0.15) is 38.5 Å². The largest absolute Gasteiger partial charge is 0.368 e. The Bertz CT molecular complexity index is 231. The molecule has 1 saturated carbocycles. The SMILES string of the molecule is NC1CCC(CNC(=O)C2CCCO2)CC1. The predicted octanol–water partition coefficient (Wildman–Crippen LogP) is 0.799. The molecule has 2 rings (SSSR count). The van der Waals surface area contributed by atoms with Crippen LogP contribution in [0, 0.1) is 5.92 Å². The molecule has 0 radical (unpaired) electrons. The van der Waals surface area contributed by atoms with Gasteiger partial charge in [0.15, 0.2) is 0 Å². The Hall–Kier alpha value is -0.610. The van der Waals surface area contributed by atoms with Crippen LogP contribution >= 0.6 is 0 Å². The predicted molar refractivity (Wildman–Crippen MR) is 61.9 cm³/mol. The van der Waals surface area contributed by atoms with E-state index in [1.54, 1.807) is 0 Å². The van der Waals surface area contributed by atoms with E-state index in [1.807, 2.05) is 0 Å². The highest BCUT2D eigenvalue weighted by atomic mass is 16.5. The molecule has 0 aromatic carbocycles. The summed E-state index contributed by atoms with van der Waals surface area (Å²) in [6.07, 6.45) is 6.18. The maximum Gasteiger partial charge on any atom is 0.249 e. The molecule has 0 aromatic rings. The van der Waals surface area contributed by atoms with Crippen molar-refractivity contribution in [3.05, 3.63) is 0 Å². The van der Waals surface area contributed by atoms with Crippen molar-refractivity contribution in [2.45, 2.75) is 50.7 Å². The summed E-state index contributed by atoms with van der Waals surface area (Å²) in [7, 11) is 0. The van der Waals surface area contributed by atoms with Crippen LogP contribution in [0.4, 0.5) is 0 Å². The Balaban J connectivity index is 1.65. The van der Waals surface area contributed by atoms with Crippen LogP contribution in [0.15, 0.2) is 0 Å². The van der Waals surface area contributed by atoms with Crippen LogP contribution in [0.5, 0.6) is 0 Å². The van der Waals surface area contributed by atoms with Crippen molar-refractivity contribution < 1.29 is 9.53 Å². The van der Waals surface area contributed by atoms with Gasteiger partial charge in [-0.1, -0.05) is 0 Å². The van der Waals surface area contributed by atoms with Gasteiger partial charge in [-0.15, -0.1) is 0 Å². The number of carbonyl (C=O) groups is 1. The lowest BCUT2D eigenvalue weighted by atomic mass is 9.86. The molecule has 1 amide bonds. The van der Waals surface area contributed by atoms with Crippen LogP contribution < -0.4 is 11.1 Å². The van der Waals surface area contributed by atoms with Crippen molar-refractivity contribution in [1.29, 1.82) is 0 Å². The molecule has 0 bridgehead atoms. The summed E-state index contributed by atoms with van der Waals surface area (Å²) >= 11 is 0. The molecular weight excluding hydrogens is 204 g/mol. The average Bonchev–Trinajstić information content (AvgIpc) is 2.81. The fourth-order valence-electron chi connectivity index (χ4n) is 2.54. The second-order valence-corrected chi connectivity index (χ2v) is 5.03. The highest BCUT2D eigenvalue weighted by Gasteiger charge is 2.25. The molecule has 2 aliphatic rings. The van der Waals surface area contributed by atoms with E-state index in [2.05, 4.69) is 5.32 Å². The molecule has 4 nitrogen and oxygen atoms in total. The fraction of sp³-hybridized carbons (Fsp3) is 0.917. The summed E-state index contributed by atoms with van der Waals surface area (Å²) in [6, 6.07) is 0.380. The van der Waals surface area contributed by atoms with E-state index in [-0.39, 0.29) is 12.0 Å². The number of ether oxygens (including phenoxy) is 1. The first-order valence-corrected chi connectivity index (χ1v) is 6.40. The molecule has 16 heavy (non-hydrogen) atoms. The van der Waals surface area contributed by atoms with Gasteiger partial charge in [-0.3, -0.25) is 4.79 Å². The Morgan fingerprint density at radius 1 is 1.25 bits per heavy atom. The van der Waals surface area contributed by atoms with E-state index >= 15 is 0 Å². The highest BCUT2D eigenvalue weighted by molar-refractivity contribution is 5.80. The summed E-state index contributed by atoms with van der Waals surface area (Å²) < 4.78 is 5.34. The normalized spacial score (nSPS) is 34.9. The van der Waals surface area contributed by atoms with E-state index < -0.39 is 0 Å². The maximum atomic E-state index is 11.7. The molecule has 3 N–H and O–H groups in total. The van der Waals surface area contributed by atoms with E-state index in [0.717, 1.165) is 51.7 Å². The molecule has 0 spiro atoms. The second-order valence-electron chi connectivity index (χ2n) is 5.03. The second kappa shape index (κ2) is 5.64. The highest BCUT2D eigenvalue weighted by Crippen LogP contribution is 2.22. The zero-order chi connectivity index (χ0) is 11.4. The van der Waals surface area contributed by atoms with Gasteiger partial charge in [-0.25, -0.2) is 0 Å². The van der Waals surface area contributed by atoms with Gasteiger partial charge in [-0.2, -0.15) is 0 Å². The van der Waals surface area contributed by atoms with Crippen molar-refractivity contribution in [1.82, 2.24) is 5.32 Å². The number of hydrogen-bond acceptors (Lipinski definition) is 3. The van der Waals surface area contributed by atoms with Gasteiger partial charge in [0.05, 0.1) is 0 Å². The Labute approximate surface area is 96.9 Å². The first-order chi connectivity index (χ1) is 7.75. The van der Waals surface area contributed by atoms with Gasteiger partial charge < -0.3 is 15.8 Å². The molecule has 1 aliphatic carbocycles. The van der Waals surface area contributed by atoms with Crippen LogP contribution in [-0.2, 0) is 9.53 Å². The van der Waals surface area contributed by atoms with Gasteiger partial charge in [0.2, 0.25) is 5.91 Å². The topological polar surface area (TPSA) is 64.3 Å². The van der Waals surface area contributed by atoms with Crippen LogP contribution in [0.2, 0.25) is 0 Å². The van der Waals surface area contributed by atoms with E-state index in [9.17, 15) is 4.79 Å². The molecular formula is C12H22N2O2. The van der Waals surface area contributed by atoms with Gasteiger partial charge >= 0.3 is 0 Å². The van der Waals surface area contributed by atoms with Crippen LogP contribution in [0.3, 0.4) is 0 Å². The summed E-state index contributed by atoms with van der Waals surface area (Å²) in [5.74, 6) is 0.692. The van der Waals surface area contributed by atoms with Crippen molar-refractivity contribution in [3.63, 3.8) is 0 Å². The zero-order valence-electron chi connectivity index (χ0n) is 9.78. The summed E-state index contributed by atoms with van der Waals surface area (Å²) in [4.78, 5) is 11.7. The maximum absolute atomic E-state index is 11.7. The summed E-state index contributed by atoms with van der Waals surface area (Å²) in [6.45, 7) is 1.53. The van der Waals surface area contributed by atoms with E-state index in [0.29, 0.717) is 12.0 Å². The van der Waals surface area contributed by atoms with Gasteiger partial charge in [-0.05, 0) is 44.4 Å². The smallest absolute Gasteiger partial charge is 0.249 e.